The Morgan fingerprint density at radius 3 is 2.58 bits per heavy atom. The predicted octanol–water partition coefficient (Wildman–Crippen LogP) is 5.56. The lowest BCUT2D eigenvalue weighted by molar-refractivity contribution is 0.474. The summed E-state index contributed by atoms with van der Waals surface area (Å²) in [5.74, 6) is 1.21. The van der Waals surface area contributed by atoms with Gasteiger partial charge in [0.25, 0.3) is 0 Å². The standard InChI is InChI=1S/C24H24N2/c1-18-9-8-14-22(23-25-15-16-26-23)24(18,2)21-13-7-6-12-20(21)17-19-10-4-3-5-11-19/h3-16,22H,17H2,1-2H3,(H,25,26). The van der Waals surface area contributed by atoms with E-state index in [2.05, 4.69) is 96.6 Å². The molecular weight excluding hydrogens is 316 g/mol. The number of aromatic nitrogens is 2. The number of nitrogens with one attached hydrogen (secondary N) is 1. The number of imidazole rings is 1. The number of rotatable bonds is 4. The van der Waals surface area contributed by atoms with Crippen LogP contribution in [0.3, 0.4) is 0 Å². The Bertz CT molecular complexity index is 935. The fourth-order valence-corrected chi connectivity index (χ4v) is 4.11. The molecule has 26 heavy (non-hydrogen) atoms. The van der Waals surface area contributed by atoms with E-state index in [1.807, 2.05) is 12.4 Å². The minimum absolute atomic E-state index is 0.127. The first-order valence-corrected chi connectivity index (χ1v) is 9.16. The topological polar surface area (TPSA) is 28.7 Å². The summed E-state index contributed by atoms with van der Waals surface area (Å²) in [7, 11) is 0. The average molecular weight is 340 g/mol. The average Bonchev–Trinajstić information content (AvgIpc) is 3.19. The lowest BCUT2D eigenvalue weighted by Crippen LogP contribution is -2.34. The van der Waals surface area contributed by atoms with Crippen LogP contribution in [0.2, 0.25) is 0 Å². The van der Waals surface area contributed by atoms with Gasteiger partial charge in [-0.2, -0.15) is 0 Å². The molecule has 1 N–H and O–H groups in total. The van der Waals surface area contributed by atoms with Gasteiger partial charge in [-0.05, 0) is 30.0 Å². The molecule has 0 saturated heterocycles. The van der Waals surface area contributed by atoms with E-state index in [4.69, 9.17) is 0 Å². The van der Waals surface area contributed by atoms with Crippen molar-refractivity contribution >= 4 is 0 Å². The minimum atomic E-state index is -0.127. The Hall–Kier alpha value is -2.87. The molecule has 1 heterocycles. The van der Waals surface area contributed by atoms with Crippen LogP contribution in [0.15, 0.2) is 90.8 Å². The summed E-state index contributed by atoms with van der Waals surface area (Å²) in [6, 6.07) is 19.5. The van der Waals surface area contributed by atoms with Crippen molar-refractivity contribution in [2.24, 2.45) is 0 Å². The highest BCUT2D eigenvalue weighted by Gasteiger charge is 2.40. The molecule has 0 spiro atoms. The highest BCUT2D eigenvalue weighted by atomic mass is 14.9. The molecule has 0 radical (unpaired) electrons. The third-order valence-corrected chi connectivity index (χ3v) is 5.72. The molecule has 130 valence electrons. The van der Waals surface area contributed by atoms with Gasteiger partial charge in [0, 0.05) is 23.7 Å². The van der Waals surface area contributed by atoms with Crippen LogP contribution in [0.25, 0.3) is 0 Å². The maximum Gasteiger partial charge on any atom is 0.114 e. The molecule has 2 nitrogen and oxygen atoms in total. The maximum absolute atomic E-state index is 4.57. The first-order chi connectivity index (χ1) is 12.7. The largest absolute Gasteiger partial charge is 0.348 e. The molecule has 0 bridgehead atoms. The summed E-state index contributed by atoms with van der Waals surface area (Å²) in [5, 5.41) is 0. The molecule has 0 saturated carbocycles. The van der Waals surface area contributed by atoms with Gasteiger partial charge in [-0.25, -0.2) is 4.98 Å². The Kier molecular flexibility index (Phi) is 4.34. The highest BCUT2D eigenvalue weighted by molar-refractivity contribution is 5.49. The molecule has 3 aromatic rings. The number of aromatic amines is 1. The zero-order valence-corrected chi connectivity index (χ0v) is 15.3. The van der Waals surface area contributed by atoms with Crippen molar-refractivity contribution in [1.82, 2.24) is 9.97 Å². The van der Waals surface area contributed by atoms with E-state index in [0.717, 1.165) is 12.2 Å². The second-order valence-corrected chi connectivity index (χ2v) is 7.21. The van der Waals surface area contributed by atoms with Gasteiger partial charge in [0.2, 0.25) is 0 Å². The normalized spacial score (nSPS) is 22.2. The van der Waals surface area contributed by atoms with E-state index in [0.29, 0.717) is 0 Å². The molecule has 2 atom stereocenters. The van der Waals surface area contributed by atoms with Crippen molar-refractivity contribution < 1.29 is 0 Å². The number of benzene rings is 2. The van der Waals surface area contributed by atoms with Gasteiger partial charge >= 0.3 is 0 Å². The van der Waals surface area contributed by atoms with E-state index in [1.165, 1.54) is 22.3 Å². The third-order valence-electron chi connectivity index (χ3n) is 5.72. The second kappa shape index (κ2) is 6.80. The fraction of sp³-hybridized carbons (Fsp3) is 0.208. The number of hydrogen-bond acceptors (Lipinski definition) is 1. The molecule has 1 aromatic heterocycles. The maximum atomic E-state index is 4.57. The van der Waals surface area contributed by atoms with Crippen molar-refractivity contribution in [3.63, 3.8) is 0 Å². The van der Waals surface area contributed by atoms with Crippen LogP contribution in [0.1, 0.15) is 42.3 Å². The van der Waals surface area contributed by atoms with E-state index in [-0.39, 0.29) is 11.3 Å². The molecule has 2 aromatic carbocycles. The number of nitrogens with zero attached hydrogens (tertiary/aromatic N) is 1. The minimum Gasteiger partial charge on any atom is -0.348 e. The van der Waals surface area contributed by atoms with Crippen molar-refractivity contribution in [3.8, 4) is 0 Å². The monoisotopic (exact) mass is 340 g/mol. The summed E-state index contributed by atoms with van der Waals surface area (Å²) < 4.78 is 0. The third kappa shape index (κ3) is 2.82. The summed E-state index contributed by atoms with van der Waals surface area (Å²) in [5.41, 5.74) is 5.33. The van der Waals surface area contributed by atoms with Crippen molar-refractivity contribution in [2.75, 3.05) is 0 Å². The zero-order valence-electron chi connectivity index (χ0n) is 15.3. The smallest absolute Gasteiger partial charge is 0.114 e. The van der Waals surface area contributed by atoms with Crippen LogP contribution in [-0.2, 0) is 11.8 Å². The summed E-state index contributed by atoms with van der Waals surface area (Å²) in [4.78, 5) is 7.91. The number of H-pyrrole nitrogens is 1. The van der Waals surface area contributed by atoms with Gasteiger partial charge in [0.1, 0.15) is 5.82 Å². The van der Waals surface area contributed by atoms with Crippen LogP contribution in [0, 0.1) is 0 Å². The van der Waals surface area contributed by atoms with Gasteiger partial charge in [-0.15, -0.1) is 0 Å². The number of allylic oxidation sites excluding steroid dienone is 4. The Labute approximate surface area is 155 Å². The summed E-state index contributed by atoms with van der Waals surface area (Å²) in [6.45, 7) is 4.58. The van der Waals surface area contributed by atoms with Crippen molar-refractivity contribution in [1.29, 1.82) is 0 Å². The molecule has 0 fully saturated rings. The van der Waals surface area contributed by atoms with Gasteiger partial charge in [0.05, 0.1) is 0 Å². The first kappa shape index (κ1) is 16.6. The molecule has 1 aliphatic rings. The van der Waals surface area contributed by atoms with E-state index >= 15 is 0 Å². The number of hydrogen-bond donors (Lipinski definition) is 1. The van der Waals surface area contributed by atoms with E-state index < -0.39 is 0 Å². The molecule has 0 amide bonds. The Balaban J connectivity index is 1.82. The summed E-state index contributed by atoms with van der Waals surface area (Å²) in [6.07, 6.45) is 11.3. The first-order valence-electron chi connectivity index (χ1n) is 9.16. The van der Waals surface area contributed by atoms with E-state index in [9.17, 15) is 0 Å². The van der Waals surface area contributed by atoms with Gasteiger partial charge in [-0.1, -0.05) is 85.3 Å². The molecule has 2 unspecified atom stereocenters. The van der Waals surface area contributed by atoms with Crippen LogP contribution in [-0.4, -0.2) is 9.97 Å². The second-order valence-electron chi connectivity index (χ2n) is 7.21. The molecule has 4 rings (SSSR count). The van der Waals surface area contributed by atoms with Gasteiger partial charge in [-0.3, -0.25) is 0 Å². The van der Waals surface area contributed by atoms with Crippen LogP contribution in [0.4, 0.5) is 0 Å². The Morgan fingerprint density at radius 1 is 1.04 bits per heavy atom. The molecule has 1 aliphatic carbocycles. The molecular formula is C24H24N2. The lowest BCUT2D eigenvalue weighted by atomic mass is 9.63. The lowest BCUT2D eigenvalue weighted by Gasteiger charge is -2.40. The van der Waals surface area contributed by atoms with Gasteiger partial charge in [0.15, 0.2) is 0 Å². The SMILES string of the molecule is CC1=CC=CC(c2ncc[nH]2)C1(C)c1ccccc1Cc1ccccc1. The molecule has 2 heteroatoms. The highest BCUT2D eigenvalue weighted by Crippen LogP contribution is 2.47. The van der Waals surface area contributed by atoms with Crippen LogP contribution in [0.5, 0.6) is 0 Å². The zero-order chi connectivity index (χ0) is 18.0. The van der Waals surface area contributed by atoms with Gasteiger partial charge < -0.3 is 4.98 Å². The fourth-order valence-electron chi connectivity index (χ4n) is 4.11. The summed E-state index contributed by atoms with van der Waals surface area (Å²) >= 11 is 0. The van der Waals surface area contributed by atoms with Crippen molar-refractivity contribution in [2.45, 2.75) is 31.6 Å². The van der Waals surface area contributed by atoms with Crippen molar-refractivity contribution in [3.05, 3.63) is 113 Å². The Morgan fingerprint density at radius 2 is 1.81 bits per heavy atom. The van der Waals surface area contributed by atoms with Crippen LogP contribution < -0.4 is 0 Å². The van der Waals surface area contributed by atoms with Crippen LogP contribution >= 0.6 is 0 Å². The quantitative estimate of drug-likeness (QED) is 0.662. The predicted molar refractivity (Wildman–Crippen MR) is 107 cm³/mol. The van der Waals surface area contributed by atoms with E-state index in [1.54, 1.807) is 0 Å². The molecule has 0 aliphatic heterocycles.